The van der Waals surface area contributed by atoms with E-state index in [1.807, 2.05) is 0 Å². The molecule has 0 bridgehead atoms. The van der Waals surface area contributed by atoms with Crippen molar-refractivity contribution >= 4 is 22.4 Å². The summed E-state index contributed by atoms with van der Waals surface area (Å²) in [7, 11) is 0. The molecule has 0 heterocycles. The van der Waals surface area contributed by atoms with Gasteiger partial charge in [-0.1, -0.05) is 0 Å². The summed E-state index contributed by atoms with van der Waals surface area (Å²) in [6, 6.07) is 0. The van der Waals surface area contributed by atoms with Crippen LogP contribution in [0.1, 0.15) is 0 Å². The van der Waals surface area contributed by atoms with Crippen LogP contribution in [0, 0.1) is 0 Å². The van der Waals surface area contributed by atoms with E-state index in [1.54, 1.807) is 0 Å². The molecule has 0 aromatic rings. The Labute approximate surface area is 48.0 Å². The van der Waals surface area contributed by atoms with Gasteiger partial charge < -0.3 is 0 Å². The summed E-state index contributed by atoms with van der Waals surface area (Å²) in [5.41, 5.74) is 0. The third-order valence-corrected chi connectivity index (χ3v) is 0. The smallest absolute Gasteiger partial charge is 0.197 e. The van der Waals surface area contributed by atoms with Crippen molar-refractivity contribution in [3.05, 3.63) is 0 Å². The topological polar surface area (TPSA) is 17.1 Å². The SMILES string of the molecule is O=S.P.[Mo]. The van der Waals surface area contributed by atoms with Crippen LogP contribution in [0.15, 0.2) is 0 Å². The normalized spacial score (nSPS) is 1.00. The third-order valence-electron chi connectivity index (χ3n) is 0. The van der Waals surface area contributed by atoms with Gasteiger partial charge in [0.25, 0.3) is 0 Å². The van der Waals surface area contributed by atoms with Crippen molar-refractivity contribution in [2.24, 2.45) is 0 Å². The minimum absolute atomic E-state index is 0. The molecule has 0 aliphatic heterocycles. The van der Waals surface area contributed by atoms with Crippen LogP contribution in [0.2, 0.25) is 0 Å². The van der Waals surface area contributed by atoms with Crippen LogP contribution < -0.4 is 0 Å². The Bertz CT molecular complexity index is 8.00. The molecule has 0 fully saturated rings. The van der Waals surface area contributed by atoms with Crippen molar-refractivity contribution in [2.45, 2.75) is 0 Å². The van der Waals surface area contributed by atoms with Gasteiger partial charge in [0.1, 0.15) is 0 Å². The van der Waals surface area contributed by atoms with Gasteiger partial charge in [-0.05, 0) is 0 Å². The zero-order valence-electron chi connectivity index (χ0n) is 1.93. The first-order valence-corrected chi connectivity index (χ1v) is 0.500. The molecule has 1 unspecified atom stereocenters. The van der Waals surface area contributed by atoms with Gasteiger partial charge in [-0.2, -0.15) is 14.1 Å². The molecule has 4 heteroatoms. The Hall–Kier alpha value is 1.14. The average molecular weight is 178 g/mol. The molecule has 0 saturated carbocycles. The van der Waals surface area contributed by atoms with Gasteiger partial charge in [0.2, 0.25) is 0 Å². The summed E-state index contributed by atoms with van der Waals surface area (Å²) >= 11 is 2.83. The average Bonchev–Trinajstić information content (AvgIpc) is 1.00. The van der Waals surface area contributed by atoms with Crippen molar-refractivity contribution in [3.63, 3.8) is 0 Å². The largest absolute Gasteiger partial charge is 0.197 e. The van der Waals surface area contributed by atoms with E-state index in [1.165, 1.54) is 0 Å². The molecule has 0 saturated heterocycles. The zero-order chi connectivity index (χ0) is 2.00. The second kappa shape index (κ2) is 31.5. The van der Waals surface area contributed by atoms with Crippen molar-refractivity contribution in [3.8, 4) is 0 Å². The van der Waals surface area contributed by atoms with Gasteiger partial charge in [0, 0.05) is 21.1 Å². The van der Waals surface area contributed by atoms with Crippen LogP contribution in [-0.4, -0.2) is 4.21 Å². The first-order valence-electron chi connectivity index (χ1n) is 0.167. The van der Waals surface area contributed by atoms with Gasteiger partial charge in [0.05, 0.1) is 0 Å². The van der Waals surface area contributed by atoms with Crippen molar-refractivity contribution < 1.29 is 25.3 Å². The van der Waals surface area contributed by atoms with E-state index in [9.17, 15) is 0 Å². The third kappa shape index (κ3) is 11.1. The van der Waals surface area contributed by atoms with E-state index >= 15 is 0 Å². The Kier molecular flexibility index (Phi) is 151. The van der Waals surface area contributed by atoms with E-state index < -0.39 is 0 Å². The number of hydrogen-bond acceptors (Lipinski definition) is 2. The molecule has 26 valence electrons. The molecule has 0 rings (SSSR count). The van der Waals surface area contributed by atoms with Crippen LogP contribution in [0.5, 0.6) is 0 Å². The predicted molar refractivity (Wildman–Crippen MR) is 19.2 cm³/mol. The predicted octanol–water partition coefficient (Wildman–Crippen LogP) is -0.281. The van der Waals surface area contributed by atoms with Crippen LogP contribution in [0.3, 0.4) is 0 Å². The van der Waals surface area contributed by atoms with Crippen molar-refractivity contribution in [1.29, 1.82) is 0 Å². The molecular weight excluding hydrogens is 175 g/mol. The van der Waals surface area contributed by atoms with Crippen molar-refractivity contribution in [1.82, 2.24) is 0 Å². The fourth-order valence-corrected chi connectivity index (χ4v) is 0. The minimum atomic E-state index is 0. The number of rotatable bonds is 0. The van der Waals surface area contributed by atoms with Gasteiger partial charge in [-0.25, -0.2) is 0 Å². The van der Waals surface area contributed by atoms with Crippen LogP contribution >= 0.6 is 9.90 Å². The van der Waals surface area contributed by atoms with Crippen molar-refractivity contribution in [2.75, 3.05) is 0 Å². The Morgan fingerprint density at radius 2 is 1.25 bits per heavy atom. The molecule has 1 atom stereocenters. The Morgan fingerprint density at radius 1 is 1.25 bits per heavy atom. The van der Waals surface area contributed by atoms with Gasteiger partial charge in [0.15, 0.2) is 12.5 Å². The molecule has 0 aliphatic rings. The Balaban J connectivity index is -0.00000000500. The fourth-order valence-electron chi connectivity index (χ4n) is 0. The van der Waals surface area contributed by atoms with Crippen LogP contribution in [0.4, 0.5) is 0 Å². The molecular formula is H3MoOPS. The van der Waals surface area contributed by atoms with Crippen LogP contribution in [0.25, 0.3) is 0 Å². The molecule has 0 spiro atoms. The van der Waals surface area contributed by atoms with Gasteiger partial charge in [-0.3, -0.25) is 0 Å². The van der Waals surface area contributed by atoms with Crippen LogP contribution in [-0.2, 0) is 33.6 Å². The summed E-state index contributed by atoms with van der Waals surface area (Å²) in [4.78, 5) is 0. The number of hydrogen-bond donors (Lipinski definition) is 0. The maximum atomic E-state index is 7.83. The summed E-state index contributed by atoms with van der Waals surface area (Å²) in [5, 5.41) is 0. The quantitative estimate of drug-likeness (QED) is 0.374. The van der Waals surface area contributed by atoms with E-state index in [4.69, 9.17) is 4.21 Å². The monoisotopic (exact) mass is 180 g/mol. The molecule has 0 aromatic carbocycles. The van der Waals surface area contributed by atoms with E-state index in [2.05, 4.69) is 12.5 Å². The fraction of sp³-hybridized carbons (Fsp3) is 0. The summed E-state index contributed by atoms with van der Waals surface area (Å²) < 4.78 is 7.83. The zero-order valence-corrected chi connectivity index (χ0v) is 6.17. The second-order valence-corrected chi connectivity index (χ2v) is 0. The molecule has 4 heavy (non-hydrogen) atoms. The van der Waals surface area contributed by atoms with Gasteiger partial charge in [-0.15, -0.1) is 0 Å². The molecule has 0 aliphatic carbocycles. The first kappa shape index (κ1) is 19.2. The van der Waals surface area contributed by atoms with E-state index in [0.29, 0.717) is 0 Å². The molecule has 0 amide bonds. The summed E-state index contributed by atoms with van der Waals surface area (Å²) in [6.45, 7) is 0. The minimum Gasteiger partial charge on any atom is -0.197 e. The van der Waals surface area contributed by atoms with Gasteiger partial charge >= 0.3 is 0 Å². The molecule has 0 N–H and O–H groups in total. The van der Waals surface area contributed by atoms with E-state index in [-0.39, 0.29) is 31.0 Å². The first-order chi connectivity index (χ1) is 1.00. The summed E-state index contributed by atoms with van der Waals surface area (Å²) in [5.74, 6) is 0. The maximum absolute atomic E-state index is 7.83. The molecule has 0 aromatic heterocycles. The standard InChI is InChI=1S/Mo.OS.H3P/c;1-2;/h;;1H3. The summed E-state index contributed by atoms with van der Waals surface area (Å²) in [6.07, 6.45) is 0. The van der Waals surface area contributed by atoms with E-state index in [0.717, 1.165) is 0 Å². The second-order valence-electron chi connectivity index (χ2n) is 0. The molecule has 0 radical (unpaired) electrons. The Morgan fingerprint density at radius 3 is 1.25 bits per heavy atom. The molecule has 1 nitrogen and oxygen atoms in total. The maximum Gasteiger partial charge on any atom is 0.197 e.